The van der Waals surface area contributed by atoms with Crippen LogP contribution in [0.15, 0.2) is 54.6 Å². The molecule has 1 amide bonds. The second-order valence-corrected chi connectivity index (χ2v) is 10.8. The second-order valence-electron chi connectivity index (χ2n) is 10.8. The standard InChI is InChI=1S/C32H46N4O6/c1-4-41-30(38)22-35-32(33,31(39)42-23-34-21-25-12-11-15-28(19-25)40-3)27(18-24(2)26-13-7-5-8-14-26)20-29(37)36-16-9-6-10-17-36/h5,7-8,11-15,19,24,27,34-35H,4,6,9-10,16-18,20-23,33H2,1-3H3/t24-,27?,32?/m1/s1. The van der Waals surface area contributed by atoms with E-state index in [4.69, 9.17) is 19.9 Å². The van der Waals surface area contributed by atoms with Gasteiger partial charge in [-0.25, -0.2) is 4.79 Å². The normalized spacial score (nSPS) is 16.1. The van der Waals surface area contributed by atoms with Gasteiger partial charge in [-0.1, -0.05) is 49.4 Å². The Morgan fingerprint density at radius 1 is 1.02 bits per heavy atom. The summed E-state index contributed by atoms with van der Waals surface area (Å²) in [5.74, 6) is -1.31. The molecule has 0 radical (unpaired) electrons. The lowest BCUT2D eigenvalue weighted by molar-refractivity contribution is -0.157. The first-order chi connectivity index (χ1) is 20.3. The fraction of sp³-hybridized carbons (Fsp3) is 0.531. The molecule has 230 valence electrons. The summed E-state index contributed by atoms with van der Waals surface area (Å²) in [6.45, 7) is 5.33. The van der Waals surface area contributed by atoms with Gasteiger partial charge in [0.25, 0.3) is 0 Å². The van der Waals surface area contributed by atoms with Crippen molar-refractivity contribution in [1.82, 2.24) is 15.5 Å². The van der Waals surface area contributed by atoms with Gasteiger partial charge in [-0.05, 0) is 61.8 Å². The van der Waals surface area contributed by atoms with Crippen LogP contribution < -0.4 is 21.1 Å². The zero-order valence-corrected chi connectivity index (χ0v) is 25.1. The molecule has 0 aliphatic carbocycles. The van der Waals surface area contributed by atoms with E-state index in [9.17, 15) is 14.4 Å². The fourth-order valence-electron chi connectivity index (χ4n) is 5.29. The Labute approximate surface area is 249 Å². The number of amides is 1. The Morgan fingerprint density at radius 2 is 1.76 bits per heavy atom. The van der Waals surface area contributed by atoms with E-state index >= 15 is 0 Å². The first kappa shape index (κ1) is 33.0. The highest BCUT2D eigenvalue weighted by Crippen LogP contribution is 2.32. The SMILES string of the molecule is CCOC(=O)CNC(N)(C(=O)OCNCc1cccc(OC)c1)C(CC(=O)N1CCCCC1)C[C@@H](C)c1ccccc1. The van der Waals surface area contributed by atoms with Crippen molar-refractivity contribution in [3.8, 4) is 5.75 Å². The molecular weight excluding hydrogens is 536 g/mol. The average Bonchev–Trinajstić information content (AvgIpc) is 3.02. The molecule has 1 aliphatic heterocycles. The number of rotatable bonds is 16. The average molecular weight is 583 g/mol. The van der Waals surface area contributed by atoms with Crippen LogP contribution in [-0.2, 0) is 30.4 Å². The maximum atomic E-state index is 13.7. The van der Waals surface area contributed by atoms with Crippen LogP contribution in [0, 0.1) is 5.92 Å². The number of benzene rings is 2. The van der Waals surface area contributed by atoms with E-state index < -0.39 is 23.5 Å². The quantitative estimate of drug-likeness (QED) is 0.155. The van der Waals surface area contributed by atoms with Gasteiger partial charge in [-0.15, -0.1) is 0 Å². The number of nitrogens with two attached hydrogens (primary N) is 1. The number of carbonyl (C=O) groups excluding carboxylic acids is 3. The number of hydrogen-bond acceptors (Lipinski definition) is 9. The lowest BCUT2D eigenvalue weighted by Crippen LogP contribution is -2.67. The molecule has 0 spiro atoms. The number of esters is 2. The molecule has 0 bridgehead atoms. The van der Waals surface area contributed by atoms with Gasteiger partial charge in [0.15, 0.2) is 5.66 Å². The van der Waals surface area contributed by atoms with Crippen molar-refractivity contribution in [3.63, 3.8) is 0 Å². The molecule has 3 atom stereocenters. The lowest BCUT2D eigenvalue weighted by atomic mass is 9.80. The fourth-order valence-corrected chi connectivity index (χ4v) is 5.29. The third kappa shape index (κ3) is 9.82. The van der Waals surface area contributed by atoms with Gasteiger partial charge in [-0.2, -0.15) is 0 Å². The third-order valence-electron chi connectivity index (χ3n) is 7.72. The summed E-state index contributed by atoms with van der Waals surface area (Å²) >= 11 is 0. The van der Waals surface area contributed by atoms with E-state index in [0.717, 1.165) is 36.1 Å². The highest BCUT2D eigenvalue weighted by atomic mass is 16.5. The van der Waals surface area contributed by atoms with E-state index in [1.807, 2.05) is 66.4 Å². The van der Waals surface area contributed by atoms with Crippen molar-refractivity contribution in [2.24, 2.45) is 11.7 Å². The van der Waals surface area contributed by atoms with Gasteiger partial charge < -0.3 is 24.8 Å². The number of ether oxygens (including phenoxy) is 3. The Balaban J connectivity index is 1.80. The van der Waals surface area contributed by atoms with Crippen molar-refractivity contribution in [2.75, 3.05) is 40.1 Å². The number of hydrogen-bond donors (Lipinski definition) is 3. The Morgan fingerprint density at radius 3 is 2.45 bits per heavy atom. The highest BCUT2D eigenvalue weighted by Gasteiger charge is 2.46. The molecule has 2 aromatic carbocycles. The number of piperidine rings is 1. The van der Waals surface area contributed by atoms with Crippen molar-refractivity contribution in [2.45, 2.75) is 64.1 Å². The van der Waals surface area contributed by atoms with Gasteiger partial charge in [0, 0.05) is 32.0 Å². The molecule has 1 aliphatic rings. The van der Waals surface area contributed by atoms with E-state index in [1.54, 1.807) is 14.0 Å². The summed E-state index contributed by atoms with van der Waals surface area (Å²) in [6.07, 6.45) is 3.45. The molecule has 42 heavy (non-hydrogen) atoms. The minimum atomic E-state index is -1.82. The van der Waals surface area contributed by atoms with E-state index in [1.165, 1.54) is 0 Å². The van der Waals surface area contributed by atoms with Crippen molar-refractivity contribution < 1.29 is 28.6 Å². The summed E-state index contributed by atoms with van der Waals surface area (Å²) in [5, 5.41) is 6.02. The van der Waals surface area contributed by atoms with Crippen LogP contribution in [0.5, 0.6) is 5.75 Å². The molecule has 2 unspecified atom stereocenters. The molecule has 0 saturated carbocycles. The predicted octanol–water partition coefficient (Wildman–Crippen LogP) is 3.31. The van der Waals surface area contributed by atoms with E-state index in [0.29, 0.717) is 26.1 Å². The summed E-state index contributed by atoms with van der Waals surface area (Å²) < 4.78 is 16.0. The molecule has 1 saturated heterocycles. The lowest BCUT2D eigenvalue weighted by Gasteiger charge is -2.38. The molecule has 2 aromatic rings. The van der Waals surface area contributed by atoms with Crippen LogP contribution in [0.1, 0.15) is 63.0 Å². The second kappa shape index (κ2) is 16.8. The topological polar surface area (TPSA) is 132 Å². The molecule has 10 heteroatoms. The van der Waals surface area contributed by atoms with E-state index in [-0.39, 0.29) is 38.1 Å². The molecule has 1 heterocycles. The zero-order chi connectivity index (χ0) is 30.4. The Bertz CT molecular complexity index is 1140. The van der Waals surface area contributed by atoms with Crippen LogP contribution in [0.25, 0.3) is 0 Å². The molecule has 1 fully saturated rings. The van der Waals surface area contributed by atoms with Crippen molar-refractivity contribution >= 4 is 17.8 Å². The van der Waals surface area contributed by atoms with Gasteiger partial charge in [0.1, 0.15) is 12.5 Å². The molecule has 4 N–H and O–H groups in total. The highest BCUT2D eigenvalue weighted by molar-refractivity contribution is 5.84. The predicted molar refractivity (Wildman–Crippen MR) is 160 cm³/mol. The summed E-state index contributed by atoms with van der Waals surface area (Å²) in [6, 6.07) is 17.4. The van der Waals surface area contributed by atoms with Crippen molar-refractivity contribution in [3.05, 3.63) is 65.7 Å². The van der Waals surface area contributed by atoms with Crippen LogP contribution in [-0.4, -0.2) is 68.5 Å². The number of carbonyl (C=O) groups is 3. The van der Waals surface area contributed by atoms with Gasteiger partial charge in [-0.3, -0.25) is 20.2 Å². The number of nitrogens with one attached hydrogen (secondary N) is 2. The number of likely N-dealkylation sites (tertiary alicyclic amines) is 1. The monoisotopic (exact) mass is 582 g/mol. The Kier molecular flexibility index (Phi) is 13.2. The van der Waals surface area contributed by atoms with E-state index in [2.05, 4.69) is 10.6 Å². The molecule has 10 nitrogen and oxygen atoms in total. The van der Waals surface area contributed by atoms with Crippen LogP contribution in [0.3, 0.4) is 0 Å². The summed E-state index contributed by atoms with van der Waals surface area (Å²) in [4.78, 5) is 41.4. The van der Waals surface area contributed by atoms with Gasteiger partial charge in [0.2, 0.25) is 5.91 Å². The summed E-state index contributed by atoms with van der Waals surface area (Å²) in [5.41, 5.74) is 7.05. The summed E-state index contributed by atoms with van der Waals surface area (Å²) in [7, 11) is 1.60. The van der Waals surface area contributed by atoms with Crippen LogP contribution >= 0.6 is 0 Å². The van der Waals surface area contributed by atoms with Gasteiger partial charge >= 0.3 is 11.9 Å². The van der Waals surface area contributed by atoms with Crippen LogP contribution in [0.4, 0.5) is 0 Å². The number of nitrogens with zero attached hydrogens (tertiary/aromatic N) is 1. The molecule has 3 rings (SSSR count). The van der Waals surface area contributed by atoms with Crippen LogP contribution in [0.2, 0.25) is 0 Å². The minimum Gasteiger partial charge on any atom is -0.497 e. The maximum absolute atomic E-state index is 13.7. The molecular formula is C32H46N4O6. The number of methoxy groups -OCH3 is 1. The maximum Gasteiger partial charge on any atom is 0.342 e. The Hall–Kier alpha value is -3.47. The zero-order valence-electron chi connectivity index (χ0n) is 25.1. The first-order valence-corrected chi connectivity index (χ1v) is 14.8. The molecule has 0 aromatic heterocycles. The largest absolute Gasteiger partial charge is 0.497 e. The van der Waals surface area contributed by atoms with Crippen molar-refractivity contribution in [1.29, 1.82) is 0 Å². The minimum absolute atomic E-state index is 0.0170. The third-order valence-corrected chi connectivity index (χ3v) is 7.72. The smallest absolute Gasteiger partial charge is 0.342 e. The first-order valence-electron chi connectivity index (χ1n) is 14.8. The van der Waals surface area contributed by atoms with Gasteiger partial charge in [0.05, 0.1) is 20.3 Å².